The van der Waals surface area contributed by atoms with Crippen LogP contribution in [0.5, 0.6) is 0 Å². The molecule has 0 spiro atoms. The number of rotatable bonds is 5. The van der Waals surface area contributed by atoms with E-state index >= 15 is 0 Å². The van der Waals surface area contributed by atoms with Gasteiger partial charge in [-0.2, -0.15) is 8.42 Å². The molecule has 0 radical (unpaired) electrons. The SMILES string of the molecule is O=C(NCCc1ccc(Br)cc1)Nc1cccc(S(=O)(=O)O)c1. The van der Waals surface area contributed by atoms with Gasteiger partial charge < -0.3 is 10.6 Å². The molecule has 8 heteroatoms. The lowest BCUT2D eigenvalue weighted by molar-refractivity contribution is 0.252. The molecule has 0 heterocycles. The lowest BCUT2D eigenvalue weighted by atomic mass is 10.1. The van der Waals surface area contributed by atoms with E-state index in [1.807, 2.05) is 24.3 Å². The van der Waals surface area contributed by atoms with Crippen LogP contribution < -0.4 is 10.6 Å². The maximum Gasteiger partial charge on any atom is 0.319 e. The second kappa shape index (κ2) is 7.58. The van der Waals surface area contributed by atoms with E-state index in [4.69, 9.17) is 4.55 Å². The predicted molar refractivity (Wildman–Crippen MR) is 91.1 cm³/mol. The van der Waals surface area contributed by atoms with Gasteiger partial charge in [-0.1, -0.05) is 34.1 Å². The van der Waals surface area contributed by atoms with Crippen molar-refractivity contribution in [3.8, 4) is 0 Å². The second-order valence-electron chi connectivity index (χ2n) is 4.76. The first-order valence-corrected chi connectivity index (χ1v) is 8.95. The van der Waals surface area contributed by atoms with E-state index in [0.717, 1.165) is 10.0 Å². The number of halogens is 1. The summed E-state index contributed by atoms with van der Waals surface area (Å²) in [5.74, 6) is 0. The van der Waals surface area contributed by atoms with Crippen molar-refractivity contribution in [2.45, 2.75) is 11.3 Å². The summed E-state index contributed by atoms with van der Waals surface area (Å²) in [5.41, 5.74) is 1.36. The zero-order valence-corrected chi connectivity index (χ0v) is 14.4. The van der Waals surface area contributed by atoms with Crippen LogP contribution in [0.3, 0.4) is 0 Å². The molecule has 3 N–H and O–H groups in total. The summed E-state index contributed by atoms with van der Waals surface area (Å²) < 4.78 is 32.1. The van der Waals surface area contributed by atoms with E-state index in [1.165, 1.54) is 24.3 Å². The standard InChI is InChI=1S/C15H15BrN2O4S/c16-12-6-4-11(5-7-12)8-9-17-15(19)18-13-2-1-3-14(10-13)23(20,21)22/h1-7,10H,8-9H2,(H2,17,18,19)(H,20,21,22). The van der Waals surface area contributed by atoms with Crippen LogP contribution in [-0.4, -0.2) is 25.5 Å². The van der Waals surface area contributed by atoms with Crippen molar-refractivity contribution in [3.05, 3.63) is 58.6 Å². The molecule has 0 atom stereocenters. The Kier molecular flexibility index (Phi) is 5.75. The smallest absolute Gasteiger partial charge is 0.319 e. The van der Waals surface area contributed by atoms with Gasteiger partial charge >= 0.3 is 6.03 Å². The Labute approximate surface area is 142 Å². The van der Waals surface area contributed by atoms with E-state index < -0.39 is 16.1 Å². The van der Waals surface area contributed by atoms with Crippen molar-refractivity contribution in [2.24, 2.45) is 0 Å². The average Bonchev–Trinajstić information content (AvgIpc) is 2.49. The molecular weight excluding hydrogens is 384 g/mol. The first-order valence-electron chi connectivity index (χ1n) is 6.71. The number of hydrogen-bond donors (Lipinski definition) is 3. The van der Waals surface area contributed by atoms with Crippen LogP contribution in [0.15, 0.2) is 57.9 Å². The summed E-state index contributed by atoms with van der Waals surface area (Å²) in [7, 11) is -4.29. The summed E-state index contributed by atoms with van der Waals surface area (Å²) in [6, 6.07) is 12.7. The van der Waals surface area contributed by atoms with Crippen LogP contribution in [-0.2, 0) is 16.5 Å². The van der Waals surface area contributed by atoms with Gasteiger partial charge in [-0.15, -0.1) is 0 Å². The first-order chi connectivity index (χ1) is 10.8. The number of nitrogens with one attached hydrogen (secondary N) is 2. The fraction of sp³-hybridized carbons (Fsp3) is 0.133. The normalized spacial score (nSPS) is 11.0. The highest BCUT2D eigenvalue weighted by atomic mass is 79.9. The van der Waals surface area contributed by atoms with Crippen LogP contribution >= 0.6 is 15.9 Å². The second-order valence-corrected chi connectivity index (χ2v) is 7.10. The maximum atomic E-state index is 11.8. The Morgan fingerprint density at radius 2 is 1.83 bits per heavy atom. The fourth-order valence-corrected chi connectivity index (χ4v) is 2.67. The third-order valence-corrected chi connectivity index (χ3v) is 4.38. The van der Waals surface area contributed by atoms with Crippen LogP contribution in [0.1, 0.15) is 5.56 Å². The third-order valence-electron chi connectivity index (χ3n) is 3.00. The number of anilines is 1. The van der Waals surface area contributed by atoms with Gasteiger partial charge in [-0.3, -0.25) is 4.55 Å². The van der Waals surface area contributed by atoms with E-state index in [1.54, 1.807) is 0 Å². The van der Waals surface area contributed by atoms with Crippen molar-refractivity contribution in [2.75, 3.05) is 11.9 Å². The summed E-state index contributed by atoms with van der Waals surface area (Å²) in [6.45, 7) is 0.436. The van der Waals surface area contributed by atoms with E-state index in [9.17, 15) is 13.2 Å². The molecule has 2 amide bonds. The minimum atomic E-state index is -4.29. The molecule has 0 bridgehead atoms. The summed E-state index contributed by atoms with van der Waals surface area (Å²) in [6.07, 6.45) is 0.672. The molecule has 0 saturated carbocycles. The lowest BCUT2D eigenvalue weighted by Crippen LogP contribution is -2.30. The van der Waals surface area contributed by atoms with E-state index in [2.05, 4.69) is 26.6 Å². The molecule has 0 aromatic heterocycles. The quantitative estimate of drug-likeness (QED) is 0.674. The summed E-state index contributed by atoms with van der Waals surface area (Å²) >= 11 is 3.35. The number of amides is 2. The minimum absolute atomic E-state index is 0.273. The topological polar surface area (TPSA) is 95.5 Å². The Morgan fingerprint density at radius 3 is 2.48 bits per heavy atom. The first kappa shape index (κ1) is 17.5. The van der Waals surface area contributed by atoms with Crippen LogP contribution in [0, 0.1) is 0 Å². The Bertz CT molecular complexity index is 791. The highest BCUT2D eigenvalue weighted by molar-refractivity contribution is 9.10. The molecule has 0 aliphatic rings. The lowest BCUT2D eigenvalue weighted by Gasteiger charge is -2.08. The molecular formula is C15H15BrN2O4S. The Balaban J connectivity index is 1.86. The number of urea groups is 1. The minimum Gasteiger partial charge on any atom is -0.338 e. The molecule has 2 aromatic rings. The van der Waals surface area contributed by atoms with Gasteiger partial charge in [0.2, 0.25) is 0 Å². The molecule has 0 aliphatic heterocycles. The van der Waals surface area contributed by atoms with Gasteiger partial charge in [0.15, 0.2) is 0 Å². The van der Waals surface area contributed by atoms with Crippen molar-refractivity contribution in [3.63, 3.8) is 0 Å². The number of carbonyl (C=O) groups excluding carboxylic acids is 1. The van der Waals surface area contributed by atoms with Crippen molar-refractivity contribution < 1.29 is 17.8 Å². The Hall–Kier alpha value is -1.90. The predicted octanol–water partition coefficient (Wildman–Crippen LogP) is 3.06. The summed E-state index contributed by atoms with van der Waals surface area (Å²) in [5, 5.41) is 5.20. The zero-order chi connectivity index (χ0) is 16.9. The van der Waals surface area contributed by atoms with Crippen LogP contribution in [0.25, 0.3) is 0 Å². The number of hydrogen-bond acceptors (Lipinski definition) is 3. The summed E-state index contributed by atoms with van der Waals surface area (Å²) in [4.78, 5) is 11.5. The average molecular weight is 399 g/mol. The monoisotopic (exact) mass is 398 g/mol. The van der Waals surface area contributed by atoms with Gasteiger partial charge in [0.05, 0.1) is 4.90 Å². The van der Waals surface area contributed by atoms with Crippen LogP contribution in [0.2, 0.25) is 0 Å². The number of carbonyl (C=O) groups is 1. The van der Waals surface area contributed by atoms with Gasteiger partial charge in [0, 0.05) is 16.7 Å². The van der Waals surface area contributed by atoms with Crippen LogP contribution in [0.4, 0.5) is 10.5 Å². The van der Waals surface area contributed by atoms with Crippen molar-refractivity contribution in [1.29, 1.82) is 0 Å². The van der Waals surface area contributed by atoms with Gasteiger partial charge in [0.25, 0.3) is 10.1 Å². The Morgan fingerprint density at radius 1 is 1.13 bits per heavy atom. The molecule has 0 fully saturated rings. The maximum absolute atomic E-state index is 11.8. The van der Waals surface area contributed by atoms with Gasteiger partial charge in [0.1, 0.15) is 0 Å². The molecule has 0 unspecified atom stereocenters. The molecule has 2 rings (SSSR count). The molecule has 2 aromatic carbocycles. The van der Waals surface area contributed by atoms with Crippen molar-refractivity contribution in [1.82, 2.24) is 5.32 Å². The molecule has 122 valence electrons. The third kappa shape index (κ3) is 5.66. The molecule has 0 aliphatic carbocycles. The van der Waals surface area contributed by atoms with E-state index in [0.29, 0.717) is 13.0 Å². The van der Waals surface area contributed by atoms with Gasteiger partial charge in [-0.25, -0.2) is 4.79 Å². The molecule has 23 heavy (non-hydrogen) atoms. The van der Waals surface area contributed by atoms with Gasteiger partial charge in [-0.05, 0) is 42.3 Å². The number of benzene rings is 2. The highest BCUT2D eigenvalue weighted by Gasteiger charge is 2.10. The molecule has 0 saturated heterocycles. The van der Waals surface area contributed by atoms with E-state index in [-0.39, 0.29) is 10.6 Å². The molecule has 6 nitrogen and oxygen atoms in total. The fourth-order valence-electron chi connectivity index (χ4n) is 1.88. The van der Waals surface area contributed by atoms with Crippen molar-refractivity contribution >= 4 is 37.8 Å². The largest absolute Gasteiger partial charge is 0.338 e. The zero-order valence-electron chi connectivity index (χ0n) is 12.0. The highest BCUT2D eigenvalue weighted by Crippen LogP contribution is 2.15.